The zero-order chi connectivity index (χ0) is 17.3. The Morgan fingerprint density at radius 2 is 1.83 bits per heavy atom. The van der Waals surface area contributed by atoms with E-state index in [1.807, 2.05) is 6.92 Å². The predicted octanol–water partition coefficient (Wildman–Crippen LogP) is 5.47. The molecule has 2 aromatic rings. The summed E-state index contributed by atoms with van der Waals surface area (Å²) in [7, 11) is 0. The summed E-state index contributed by atoms with van der Waals surface area (Å²) < 4.78 is 28.3. The standard InChI is InChI=1S/C19H18ClF2NO/c1-11-9-12(21)10-15(11)19(24)23-17-8-4-6-14(18(17)22)13-5-2-3-7-16(13)20/h2-8,11-12,15H,9-10H2,1H3,(H,23,24)/t11-,12+,15?/m1/s1. The van der Waals surface area contributed by atoms with Crippen molar-refractivity contribution in [2.75, 3.05) is 5.32 Å². The average Bonchev–Trinajstić information content (AvgIpc) is 2.89. The molecule has 1 fully saturated rings. The number of carbonyl (C=O) groups excluding carboxylic acids is 1. The van der Waals surface area contributed by atoms with Gasteiger partial charge >= 0.3 is 0 Å². The molecule has 1 N–H and O–H groups in total. The van der Waals surface area contributed by atoms with E-state index < -0.39 is 17.9 Å². The van der Waals surface area contributed by atoms with E-state index in [0.717, 1.165) is 0 Å². The van der Waals surface area contributed by atoms with Gasteiger partial charge in [0.1, 0.15) is 6.17 Å². The first kappa shape index (κ1) is 16.9. The van der Waals surface area contributed by atoms with Gasteiger partial charge in [-0.2, -0.15) is 0 Å². The molecule has 0 saturated heterocycles. The van der Waals surface area contributed by atoms with Gasteiger partial charge in [-0.15, -0.1) is 0 Å². The Bertz CT molecular complexity index is 765. The highest BCUT2D eigenvalue weighted by Gasteiger charge is 2.36. The summed E-state index contributed by atoms with van der Waals surface area (Å²) in [5.41, 5.74) is 0.971. The van der Waals surface area contributed by atoms with Gasteiger partial charge in [0.25, 0.3) is 0 Å². The monoisotopic (exact) mass is 349 g/mol. The molecule has 0 radical (unpaired) electrons. The van der Waals surface area contributed by atoms with E-state index in [9.17, 15) is 13.6 Å². The van der Waals surface area contributed by atoms with Gasteiger partial charge in [0.15, 0.2) is 5.82 Å². The fraction of sp³-hybridized carbons (Fsp3) is 0.316. The van der Waals surface area contributed by atoms with Crippen molar-refractivity contribution < 1.29 is 13.6 Å². The minimum atomic E-state index is -0.963. The van der Waals surface area contributed by atoms with Gasteiger partial charge in [0.2, 0.25) is 5.91 Å². The first-order valence-electron chi connectivity index (χ1n) is 7.95. The number of carbonyl (C=O) groups is 1. The molecule has 2 nitrogen and oxygen atoms in total. The largest absolute Gasteiger partial charge is 0.323 e. The van der Waals surface area contributed by atoms with E-state index in [1.165, 1.54) is 6.07 Å². The van der Waals surface area contributed by atoms with Crippen LogP contribution in [0.25, 0.3) is 11.1 Å². The summed E-state index contributed by atoms with van der Waals surface area (Å²) in [4.78, 5) is 12.4. The van der Waals surface area contributed by atoms with E-state index in [2.05, 4.69) is 5.32 Å². The van der Waals surface area contributed by atoms with Gasteiger partial charge in [0, 0.05) is 22.1 Å². The molecule has 1 unspecified atom stereocenters. The van der Waals surface area contributed by atoms with Gasteiger partial charge in [-0.25, -0.2) is 8.78 Å². The number of hydrogen-bond acceptors (Lipinski definition) is 1. The van der Waals surface area contributed by atoms with Crippen molar-refractivity contribution >= 4 is 23.2 Å². The highest BCUT2D eigenvalue weighted by molar-refractivity contribution is 6.33. The fourth-order valence-corrected chi connectivity index (χ4v) is 3.52. The summed E-state index contributed by atoms with van der Waals surface area (Å²) in [6.45, 7) is 1.85. The Labute approximate surface area is 144 Å². The van der Waals surface area contributed by atoms with Gasteiger partial charge in [-0.05, 0) is 30.9 Å². The van der Waals surface area contributed by atoms with Crippen LogP contribution in [0.3, 0.4) is 0 Å². The molecule has 1 aliphatic carbocycles. The molecule has 0 aromatic heterocycles. The lowest BCUT2D eigenvalue weighted by molar-refractivity contribution is -0.120. The average molecular weight is 350 g/mol. The van der Waals surface area contributed by atoms with Crippen molar-refractivity contribution in [3.8, 4) is 11.1 Å². The molecule has 5 heteroatoms. The molecule has 3 atom stereocenters. The fourth-order valence-electron chi connectivity index (χ4n) is 3.28. The molecule has 0 bridgehead atoms. The lowest BCUT2D eigenvalue weighted by atomic mass is 9.97. The van der Waals surface area contributed by atoms with Crippen LogP contribution in [0.5, 0.6) is 0 Å². The second-order valence-corrected chi connectivity index (χ2v) is 6.70. The van der Waals surface area contributed by atoms with Crippen LogP contribution in [-0.2, 0) is 4.79 Å². The second kappa shape index (κ2) is 6.89. The number of amides is 1. The van der Waals surface area contributed by atoms with Crippen LogP contribution in [0.1, 0.15) is 19.8 Å². The van der Waals surface area contributed by atoms with Crippen LogP contribution in [0.2, 0.25) is 5.02 Å². The van der Waals surface area contributed by atoms with E-state index in [0.29, 0.717) is 22.6 Å². The molecule has 0 spiro atoms. The summed E-state index contributed by atoms with van der Waals surface area (Å²) in [5.74, 6) is -1.35. The molecule has 2 aromatic carbocycles. The van der Waals surface area contributed by atoms with Crippen LogP contribution in [-0.4, -0.2) is 12.1 Å². The van der Waals surface area contributed by atoms with Crippen LogP contribution in [0.15, 0.2) is 42.5 Å². The Balaban J connectivity index is 1.86. The van der Waals surface area contributed by atoms with Gasteiger partial charge in [-0.1, -0.05) is 48.9 Å². The van der Waals surface area contributed by atoms with Crippen molar-refractivity contribution in [2.45, 2.75) is 25.9 Å². The number of halogens is 3. The Kier molecular flexibility index (Phi) is 4.86. The summed E-state index contributed by atoms with van der Waals surface area (Å²) in [5, 5.41) is 3.04. The molecule has 1 amide bonds. The van der Waals surface area contributed by atoms with Crippen molar-refractivity contribution in [3.05, 3.63) is 53.3 Å². The van der Waals surface area contributed by atoms with E-state index in [4.69, 9.17) is 11.6 Å². The number of alkyl halides is 1. The van der Waals surface area contributed by atoms with Crippen LogP contribution in [0, 0.1) is 17.7 Å². The van der Waals surface area contributed by atoms with Gasteiger partial charge in [-0.3, -0.25) is 4.79 Å². The van der Waals surface area contributed by atoms with E-state index in [1.54, 1.807) is 36.4 Å². The Hall–Kier alpha value is -1.94. The van der Waals surface area contributed by atoms with Crippen molar-refractivity contribution in [1.82, 2.24) is 0 Å². The van der Waals surface area contributed by atoms with Crippen LogP contribution in [0.4, 0.5) is 14.5 Å². The zero-order valence-electron chi connectivity index (χ0n) is 13.2. The molecular weight excluding hydrogens is 332 g/mol. The van der Waals surface area contributed by atoms with Crippen LogP contribution >= 0.6 is 11.6 Å². The molecular formula is C19H18ClF2NO. The van der Waals surface area contributed by atoms with Crippen LogP contribution < -0.4 is 5.32 Å². The quantitative estimate of drug-likeness (QED) is 0.782. The maximum atomic E-state index is 14.8. The molecule has 0 heterocycles. The third-order valence-electron chi connectivity index (χ3n) is 4.58. The normalized spacial score (nSPS) is 23.2. The molecule has 24 heavy (non-hydrogen) atoms. The maximum Gasteiger partial charge on any atom is 0.227 e. The number of rotatable bonds is 3. The zero-order valence-corrected chi connectivity index (χ0v) is 14.0. The number of anilines is 1. The molecule has 3 rings (SSSR count). The molecule has 0 aliphatic heterocycles. The minimum absolute atomic E-state index is 0.0465. The number of benzene rings is 2. The molecule has 1 saturated carbocycles. The smallest absolute Gasteiger partial charge is 0.227 e. The van der Waals surface area contributed by atoms with Crippen molar-refractivity contribution in [1.29, 1.82) is 0 Å². The second-order valence-electron chi connectivity index (χ2n) is 6.29. The predicted molar refractivity (Wildman–Crippen MR) is 92.3 cm³/mol. The number of hydrogen-bond donors (Lipinski definition) is 1. The lowest BCUT2D eigenvalue weighted by Gasteiger charge is -2.16. The highest BCUT2D eigenvalue weighted by atomic mass is 35.5. The highest BCUT2D eigenvalue weighted by Crippen LogP contribution is 2.36. The van der Waals surface area contributed by atoms with E-state index in [-0.39, 0.29) is 23.9 Å². The number of nitrogens with one attached hydrogen (secondary N) is 1. The van der Waals surface area contributed by atoms with Crippen molar-refractivity contribution in [2.24, 2.45) is 11.8 Å². The Morgan fingerprint density at radius 1 is 1.12 bits per heavy atom. The summed E-state index contributed by atoms with van der Waals surface area (Å²) in [6.07, 6.45) is -0.394. The van der Waals surface area contributed by atoms with Gasteiger partial charge in [0.05, 0.1) is 5.69 Å². The minimum Gasteiger partial charge on any atom is -0.323 e. The maximum absolute atomic E-state index is 14.8. The summed E-state index contributed by atoms with van der Waals surface area (Å²) in [6, 6.07) is 11.7. The lowest BCUT2D eigenvalue weighted by Crippen LogP contribution is -2.25. The molecule has 126 valence electrons. The first-order valence-corrected chi connectivity index (χ1v) is 8.33. The first-order chi connectivity index (χ1) is 11.5. The van der Waals surface area contributed by atoms with Crippen molar-refractivity contribution in [3.63, 3.8) is 0 Å². The third kappa shape index (κ3) is 3.29. The topological polar surface area (TPSA) is 29.1 Å². The summed E-state index contributed by atoms with van der Waals surface area (Å²) >= 11 is 6.13. The Morgan fingerprint density at radius 3 is 2.50 bits per heavy atom. The molecule has 1 aliphatic rings. The van der Waals surface area contributed by atoms with Gasteiger partial charge < -0.3 is 5.32 Å². The SMILES string of the molecule is C[C@@H]1C[C@H](F)CC1C(=O)Nc1cccc(-c2ccccc2Cl)c1F. The third-order valence-corrected chi connectivity index (χ3v) is 4.91. The van der Waals surface area contributed by atoms with E-state index >= 15 is 0 Å².